The third-order valence-electron chi connectivity index (χ3n) is 5.18. The molecule has 7 heteroatoms. The quantitative estimate of drug-likeness (QED) is 0.353. The van der Waals surface area contributed by atoms with Crippen LogP contribution in [0.2, 0.25) is 0 Å². The van der Waals surface area contributed by atoms with Crippen LogP contribution in [0.1, 0.15) is 19.3 Å². The molecule has 30 heavy (non-hydrogen) atoms. The van der Waals surface area contributed by atoms with Gasteiger partial charge in [0.15, 0.2) is 5.65 Å². The van der Waals surface area contributed by atoms with Gasteiger partial charge >= 0.3 is 0 Å². The highest BCUT2D eigenvalue weighted by Gasteiger charge is 2.14. The minimum absolute atomic E-state index is 0.0643. The molecule has 0 saturated heterocycles. The summed E-state index contributed by atoms with van der Waals surface area (Å²) < 4.78 is 2.18. The van der Waals surface area contributed by atoms with Gasteiger partial charge in [-0.15, -0.1) is 0 Å². The van der Waals surface area contributed by atoms with Gasteiger partial charge in [-0.3, -0.25) is 4.79 Å². The Balaban J connectivity index is 1.44. The Morgan fingerprint density at radius 2 is 1.70 bits per heavy atom. The normalized spacial score (nSPS) is 11.5. The highest BCUT2D eigenvalue weighted by atomic mass is 16.3. The summed E-state index contributed by atoms with van der Waals surface area (Å²) in [6.07, 6.45) is 2.05. The smallest absolute Gasteiger partial charge is 0.220 e. The van der Waals surface area contributed by atoms with Gasteiger partial charge in [-0.05, 0) is 37.6 Å². The maximum atomic E-state index is 12.2. The molecular weight excluding hydrogens is 378 g/mol. The number of aliphatic hydroxyl groups is 1. The fourth-order valence-electron chi connectivity index (χ4n) is 3.74. The minimum Gasteiger partial charge on any atom is -0.395 e. The van der Waals surface area contributed by atoms with Crippen LogP contribution >= 0.6 is 0 Å². The molecule has 0 bridgehead atoms. The number of amides is 1. The van der Waals surface area contributed by atoms with E-state index < -0.39 is 0 Å². The number of rotatable bonds is 10. The first-order valence-corrected chi connectivity index (χ1v) is 10.5. The lowest BCUT2D eigenvalue weighted by atomic mass is 10.2. The molecule has 4 aromatic rings. The molecule has 0 saturated carbocycles. The van der Waals surface area contributed by atoms with E-state index in [0.29, 0.717) is 26.1 Å². The summed E-state index contributed by atoms with van der Waals surface area (Å²) in [6, 6.07) is 16.1. The number of aryl methyl sites for hydroxylation is 1. The number of nitrogens with zero attached hydrogens (tertiary/aromatic N) is 3. The molecule has 0 aliphatic carbocycles. The molecule has 1 amide bonds. The van der Waals surface area contributed by atoms with E-state index in [1.165, 1.54) is 0 Å². The van der Waals surface area contributed by atoms with Crippen LogP contribution in [-0.4, -0.2) is 51.8 Å². The molecule has 3 N–H and O–H groups in total. The second-order valence-corrected chi connectivity index (χ2v) is 7.33. The average molecular weight is 406 g/mol. The zero-order valence-corrected chi connectivity index (χ0v) is 17.0. The van der Waals surface area contributed by atoms with Crippen molar-refractivity contribution in [3.63, 3.8) is 0 Å². The van der Waals surface area contributed by atoms with Gasteiger partial charge in [0.1, 0.15) is 5.52 Å². The van der Waals surface area contributed by atoms with Gasteiger partial charge in [-0.2, -0.15) is 0 Å². The maximum Gasteiger partial charge on any atom is 0.220 e. The van der Waals surface area contributed by atoms with Gasteiger partial charge in [-0.25, -0.2) is 9.97 Å². The molecule has 2 heterocycles. The Bertz CT molecular complexity index is 1150. The van der Waals surface area contributed by atoms with Gasteiger partial charge in [0.2, 0.25) is 5.91 Å². The number of carbonyl (C=O) groups excluding carboxylic acids is 1. The molecule has 2 aromatic heterocycles. The summed E-state index contributed by atoms with van der Waals surface area (Å²) in [7, 11) is 0. The first kappa shape index (κ1) is 20.3. The van der Waals surface area contributed by atoms with Crippen LogP contribution in [-0.2, 0) is 11.3 Å². The highest BCUT2D eigenvalue weighted by molar-refractivity contribution is 6.06. The molecule has 156 valence electrons. The molecular formula is C23H27N5O2. The van der Waals surface area contributed by atoms with E-state index in [1.807, 2.05) is 36.4 Å². The lowest BCUT2D eigenvalue weighted by Crippen LogP contribution is -2.28. The van der Waals surface area contributed by atoms with Crippen LogP contribution in [0.3, 0.4) is 0 Å². The lowest BCUT2D eigenvalue weighted by molar-refractivity contribution is -0.121. The Morgan fingerprint density at radius 3 is 2.53 bits per heavy atom. The van der Waals surface area contributed by atoms with Gasteiger partial charge in [-0.1, -0.05) is 30.3 Å². The summed E-state index contributed by atoms with van der Waals surface area (Å²) in [5, 5.41) is 15.9. The molecule has 0 fully saturated rings. The van der Waals surface area contributed by atoms with Crippen molar-refractivity contribution in [2.45, 2.75) is 25.8 Å². The molecule has 7 nitrogen and oxygen atoms in total. The number of aromatic nitrogens is 3. The molecule has 0 aliphatic rings. The number of hydrogen-bond acceptors (Lipinski definition) is 5. The third kappa shape index (κ3) is 4.42. The standard InChI is InChI=1S/C23H27N5O2/c29-16-14-24-12-6-13-25-21(30)11-5-15-28-20-10-4-1-7-17(20)22-23(28)27-19-9-3-2-8-18(19)26-22/h1-4,7-10,24,29H,5-6,11-16H2,(H,25,30). The Morgan fingerprint density at radius 1 is 0.933 bits per heavy atom. The van der Waals surface area contributed by atoms with E-state index >= 15 is 0 Å². The molecule has 0 atom stereocenters. The van der Waals surface area contributed by atoms with Crippen molar-refractivity contribution in [2.75, 3.05) is 26.2 Å². The van der Waals surface area contributed by atoms with E-state index in [9.17, 15) is 4.79 Å². The molecule has 0 unspecified atom stereocenters. The second-order valence-electron chi connectivity index (χ2n) is 7.33. The van der Waals surface area contributed by atoms with Crippen LogP contribution in [0.25, 0.3) is 33.1 Å². The number of aliphatic hydroxyl groups excluding tert-OH is 1. The minimum atomic E-state index is 0.0643. The van der Waals surface area contributed by atoms with Crippen molar-refractivity contribution in [3.8, 4) is 0 Å². The summed E-state index contributed by atoms with van der Waals surface area (Å²) in [5.41, 5.74) is 4.63. The van der Waals surface area contributed by atoms with Crippen molar-refractivity contribution in [2.24, 2.45) is 0 Å². The van der Waals surface area contributed by atoms with Crippen LogP contribution in [0.15, 0.2) is 48.5 Å². The number of nitrogens with one attached hydrogen (secondary N) is 2. The highest BCUT2D eigenvalue weighted by Crippen LogP contribution is 2.28. The SMILES string of the molecule is O=C(CCCn1c2ccccc2c2nc3ccccc3nc21)NCCCNCCO. The monoisotopic (exact) mass is 405 g/mol. The summed E-state index contributed by atoms with van der Waals surface area (Å²) in [6.45, 7) is 2.86. The topological polar surface area (TPSA) is 92.1 Å². The van der Waals surface area contributed by atoms with Crippen molar-refractivity contribution >= 4 is 39.0 Å². The third-order valence-corrected chi connectivity index (χ3v) is 5.18. The number of para-hydroxylation sites is 3. The summed E-state index contributed by atoms with van der Waals surface area (Å²) in [4.78, 5) is 21.9. The zero-order chi connectivity index (χ0) is 20.8. The number of benzene rings is 2. The molecule has 0 radical (unpaired) electrons. The lowest BCUT2D eigenvalue weighted by Gasteiger charge is -2.08. The second kappa shape index (κ2) is 9.65. The first-order chi connectivity index (χ1) is 14.8. The summed E-state index contributed by atoms with van der Waals surface area (Å²) >= 11 is 0. The molecule has 0 spiro atoms. The fraction of sp³-hybridized carbons (Fsp3) is 0.348. The molecule has 0 aliphatic heterocycles. The van der Waals surface area contributed by atoms with Crippen molar-refractivity contribution < 1.29 is 9.90 Å². The molecule has 4 rings (SSSR count). The van der Waals surface area contributed by atoms with E-state index in [0.717, 1.165) is 52.5 Å². The van der Waals surface area contributed by atoms with Gasteiger partial charge in [0, 0.05) is 31.4 Å². The van der Waals surface area contributed by atoms with Crippen molar-refractivity contribution in [1.29, 1.82) is 0 Å². The Hall–Kier alpha value is -3.03. The zero-order valence-electron chi connectivity index (χ0n) is 17.0. The van der Waals surface area contributed by atoms with E-state index in [2.05, 4.69) is 27.3 Å². The van der Waals surface area contributed by atoms with Crippen molar-refractivity contribution in [1.82, 2.24) is 25.2 Å². The van der Waals surface area contributed by atoms with E-state index in [-0.39, 0.29) is 12.5 Å². The first-order valence-electron chi connectivity index (χ1n) is 10.5. The van der Waals surface area contributed by atoms with Crippen LogP contribution in [0.4, 0.5) is 0 Å². The predicted molar refractivity (Wildman–Crippen MR) is 119 cm³/mol. The van der Waals surface area contributed by atoms with E-state index in [4.69, 9.17) is 15.1 Å². The maximum absolute atomic E-state index is 12.2. The summed E-state index contributed by atoms with van der Waals surface area (Å²) in [5.74, 6) is 0.0643. The average Bonchev–Trinajstić information content (AvgIpc) is 3.07. The number of hydrogen-bond donors (Lipinski definition) is 3. The Kier molecular flexibility index (Phi) is 6.51. The number of carbonyl (C=O) groups is 1. The largest absolute Gasteiger partial charge is 0.395 e. The van der Waals surface area contributed by atoms with Gasteiger partial charge < -0.3 is 20.3 Å². The van der Waals surface area contributed by atoms with E-state index in [1.54, 1.807) is 0 Å². The van der Waals surface area contributed by atoms with Crippen molar-refractivity contribution in [3.05, 3.63) is 48.5 Å². The van der Waals surface area contributed by atoms with Crippen LogP contribution < -0.4 is 10.6 Å². The number of fused-ring (bicyclic) bond motifs is 4. The van der Waals surface area contributed by atoms with Gasteiger partial charge in [0.05, 0.1) is 23.2 Å². The molecule has 2 aromatic carbocycles. The van der Waals surface area contributed by atoms with Crippen LogP contribution in [0.5, 0.6) is 0 Å². The predicted octanol–water partition coefficient (Wildman–Crippen LogP) is 2.61. The Labute approximate surface area is 175 Å². The fourth-order valence-corrected chi connectivity index (χ4v) is 3.74. The van der Waals surface area contributed by atoms with Crippen LogP contribution in [0, 0.1) is 0 Å². The van der Waals surface area contributed by atoms with Gasteiger partial charge in [0.25, 0.3) is 0 Å².